The van der Waals surface area contributed by atoms with E-state index in [-0.39, 0.29) is 5.91 Å². The van der Waals surface area contributed by atoms with Crippen molar-refractivity contribution in [2.24, 2.45) is 7.05 Å². The van der Waals surface area contributed by atoms with Gasteiger partial charge in [0.2, 0.25) is 0 Å². The van der Waals surface area contributed by atoms with Crippen LogP contribution in [0.15, 0.2) is 36.7 Å². The van der Waals surface area contributed by atoms with E-state index >= 15 is 0 Å². The van der Waals surface area contributed by atoms with Crippen molar-refractivity contribution in [3.63, 3.8) is 0 Å². The van der Waals surface area contributed by atoms with Crippen LogP contribution in [0.25, 0.3) is 10.9 Å². The number of fused-ring (bicyclic) bond motifs is 1. The molecule has 3 rings (SSSR count). The van der Waals surface area contributed by atoms with Crippen molar-refractivity contribution in [2.75, 3.05) is 0 Å². The van der Waals surface area contributed by atoms with Crippen molar-refractivity contribution in [1.82, 2.24) is 19.9 Å². The zero-order valence-electron chi connectivity index (χ0n) is 12.2. The second-order valence-corrected chi connectivity index (χ2v) is 5.06. The van der Waals surface area contributed by atoms with Crippen molar-refractivity contribution in [2.45, 2.75) is 19.9 Å². The molecule has 0 radical (unpaired) electrons. The van der Waals surface area contributed by atoms with E-state index in [1.54, 1.807) is 6.20 Å². The number of carbonyl (C=O) groups excluding carboxylic acids is 1. The molecular weight excluding hydrogens is 264 g/mol. The van der Waals surface area contributed by atoms with Gasteiger partial charge in [-0.3, -0.25) is 4.79 Å². The number of hydrogen-bond acceptors (Lipinski definition) is 2. The number of nitrogens with one attached hydrogen (secondary N) is 2. The van der Waals surface area contributed by atoms with Gasteiger partial charge in [0.15, 0.2) is 0 Å². The van der Waals surface area contributed by atoms with Gasteiger partial charge in [-0.1, -0.05) is 13.0 Å². The fraction of sp³-hybridized carbons (Fsp3) is 0.250. The molecule has 0 aliphatic carbocycles. The minimum Gasteiger partial charge on any atom is -0.351 e. The Morgan fingerprint density at radius 1 is 1.38 bits per heavy atom. The summed E-state index contributed by atoms with van der Waals surface area (Å²) >= 11 is 0. The van der Waals surface area contributed by atoms with Gasteiger partial charge in [-0.25, -0.2) is 4.98 Å². The summed E-state index contributed by atoms with van der Waals surface area (Å²) in [7, 11) is 1.97. The Hall–Kier alpha value is -2.56. The summed E-state index contributed by atoms with van der Waals surface area (Å²) in [5.41, 5.74) is 2.67. The molecule has 3 aromatic rings. The first kappa shape index (κ1) is 13.4. The first-order chi connectivity index (χ1) is 10.2. The predicted molar refractivity (Wildman–Crippen MR) is 82.1 cm³/mol. The predicted octanol–water partition coefficient (Wildman–Crippen LogP) is 2.39. The van der Waals surface area contributed by atoms with Crippen LogP contribution in [0.5, 0.6) is 0 Å². The van der Waals surface area contributed by atoms with Crippen LogP contribution in [0.1, 0.15) is 28.8 Å². The van der Waals surface area contributed by atoms with Crippen LogP contribution in [-0.4, -0.2) is 20.4 Å². The standard InChI is InChI=1S/C16H18N4O/c1-3-15-17-9-11(19-15)10-18-16(21)13-5-4-6-14-12(13)7-8-20(14)2/h4-9H,3,10H2,1-2H3,(H,17,19)(H,18,21). The number of aryl methyl sites for hydroxylation is 2. The Bertz CT molecular complexity index is 785. The molecule has 0 aliphatic rings. The van der Waals surface area contributed by atoms with E-state index in [4.69, 9.17) is 0 Å². The van der Waals surface area contributed by atoms with Gasteiger partial charge in [0, 0.05) is 36.1 Å². The summed E-state index contributed by atoms with van der Waals surface area (Å²) in [4.78, 5) is 19.8. The van der Waals surface area contributed by atoms with Crippen LogP contribution >= 0.6 is 0 Å². The molecule has 0 atom stereocenters. The van der Waals surface area contributed by atoms with E-state index in [1.807, 2.05) is 49.0 Å². The minimum absolute atomic E-state index is 0.0700. The molecule has 5 heteroatoms. The van der Waals surface area contributed by atoms with Gasteiger partial charge in [0.25, 0.3) is 5.91 Å². The molecule has 108 valence electrons. The Balaban J connectivity index is 1.78. The van der Waals surface area contributed by atoms with Gasteiger partial charge in [-0.15, -0.1) is 0 Å². The zero-order chi connectivity index (χ0) is 14.8. The van der Waals surface area contributed by atoms with Crippen LogP contribution in [0.2, 0.25) is 0 Å². The third kappa shape index (κ3) is 2.54. The first-order valence-electron chi connectivity index (χ1n) is 7.04. The summed E-state index contributed by atoms with van der Waals surface area (Å²) < 4.78 is 2.01. The molecule has 1 aromatic carbocycles. The fourth-order valence-electron chi connectivity index (χ4n) is 2.45. The average molecular weight is 282 g/mol. The third-order valence-electron chi connectivity index (χ3n) is 3.63. The Kier molecular flexibility index (Phi) is 3.48. The highest BCUT2D eigenvalue weighted by Gasteiger charge is 2.11. The van der Waals surface area contributed by atoms with Crippen LogP contribution < -0.4 is 5.32 Å². The van der Waals surface area contributed by atoms with Crippen LogP contribution in [0.4, 0.5) is 0 Å². The molecule has 0 unspecified atom stereocenters. The smallest absolute Gasteiger partial charge is 0.252 e. The number of aromatic nitrogens is 3. The molecular formula is C16H18N4O. The van der Waals surface area contributed by atoms with Gasteiger partial charge in [-0.2, -0.15) is 0 Å². The highest BCUT2D eigenvalue weighted by molar-refractivity contribution is 6.06. The lowest BCUT2D eigenvalue weighted by Gasteiger charge is -2.06. The number of rotatable bonds is 4. The summed E-state index contributed by atoms with van der Waals surface area (Å²) in [6.07, 6.45) is 4.59. The van der Waals surface area contributed by atoms with Crippen molar-refractivity contribution >= 4 is 16.8 Å². The van der Waals surface area contributed by atoms with E-state index in [9.17, 15) is 4.79 Å². The molecule has 0 saturated heterocycles. The number of benzene rings is 1. The number of nitrogens with zero attached hydrogens (tertiary/aromatic N) is 2. The van der Waals surface area contributed by atoms with Gasteiger partial charge < -0.3 is 14.9 Å². The van der Waals surface area contributed by atoms with Gasteiger partial charge in [0.05, 0.1) is 18.4 Å². The van der Waals surface area contributed by atoms with E-state index in [2.05, 4.69) is 15.3 Å². The SMILES string of the molecule is CCc1ncc(CNC(=O)c2cccc3c2ccn3C)[nH]1. The lowest BCUT2D eigenvalue weighted by Crippen LogP contribution is -2.23. The third-order valence-corrected chi connectivity index (χ3v) is 3.63. The zero-order valence-corrected chi connectivity index (χ0v) is 12.2. The van der Waals surface area contributed by atoms with Gasteiger partial charge in [0.1, 0.15) is 5.82 Å². The molecule has 2 N–H and O–H groups in total. The van der Waals surface area contributed by atoms with E-state index in [0.717, 1.165) is 28.8 Å². The molecule has 0 bridgehead atoms. The highest BCUT2D eigenvalue weighted by Crippen LogP contribution is 2.19. The average Bonchev–Trinajstić information content (AvgIpc) is 3.12. The van der Waals surface area contributed by atoms with Crippen molar-refractivity contribution in [3.05, 3.63) is 53.7 Å². The van der Waals surface area contributed by atoms with E-state index in [1.165, 1.54) is 0 Å². The lowest BCUT2D eigenvalue weighted by molar-refractivity contribution is 0.0952. The van der Waals surface area contributed by atoms with Crippen LogP contribution in [0.3, 0.4) is 0 Å². The molecule has 2 aromatic heterocycles. The highest BCUT2D eigenvalue weighted by atomic mass is 16.1. The maximum atomic E-state index is 12.4. The molecule has 2 heterocycles. The van der Waals surface area contributed by atoms with Crippen LogP contribution in [-0.2, 0) is 20.0 Å². The normalized spacial score (nSPS) is 11.0. The largest absolute Gasteiger partial charge is 0.351 e. The second kappa shape index (κ2) is 5.44. The second-order valence-electron chi connectivity index (χ2n) is 5.06. The van der Waals surface area contributed by atoms with Gasteiger partial charge >= 0.3 is 0 Å². The summed E-state index contributed by atoms with van der Waals surface area (Å²) in [5.74, 6) is 0.865. The van der Waals surface area contributed by atoms with Crippen molar-refractivity contribution in [3.8, 4) is 0 Å². The summed E-state index contributed by atoms with van der Waals surface area (Å²) in [6, 6.07) is 7.73. The fourth-order valence-corrected chi connectivity index (χ4v) is 2.45. The minimum atomic E-state index is -0.0700. The molecule has 21 heavy (non-hydrogen) atoms. The number of amides is 1. The Morgan fingerprint density at radius 2 is 2.24 bits per heavy atom. The molecule has 0 saturated carbocycles. The number of imidazole rings is 1. The Labute approximate surface area is 123 Å². The Morgan fingerprint density at radius 3 is 3.00 bits per heavy atom. The van der Waals surface area contributed by atoms with E-state index < -0.39 is 0 Å². The quantitative estimate of drug-likeness (QED) is 0.772. The maximum absolute atomic E-state index is 12.4. The first-order valence-corrected chi connectivity index (χ1v) is 7.04. The number of H-pyrrole nitrogens is 1. The molecule has 5 nitrogen and oxygen atoms in total. The molecule has 1 amide bonds. The maximum Gasteiger partial charge on any atom is 0.252 e. The molecule has 0 aliphatic heterocycles. The van der Waals surface area contributed by atoms with Crippen LogP contribution in [0, 0.1) is 0 Å². The van der Waals surface area contributed by atoms with E-state index in [0.29, 0.717) is 12.1 Å². The van der Waals surface area contributed by atoms with Gasteiger partial charge in [-0.05, 0) is 18.2 Å². The summed E-state index contributed by atoms with van der Waals surface area (Å²) in [6.45, 7) is 2.49. The lowest BCUT2D eigenvalue weighted by atomic mass is 10.1. The monoisotopic (exact) mass is 282 g/mol. The number of carbonyl (C=O) groups is 1. The number of aromatic amines is 1. The van der Waals surface area contributed by atoms with Crippen molar-refractivity contribution in [1.29, 1.82) is 0 Å². The molecule has 0 spiro atoms. The van der Waals surface area contributed by atoms with Crippen molar-refractivity contribution < 1.29 is 4.79 Å². The molecule has 0 fully saturated rings. The number of hydrogen-bond donors (Lipinski definition) is 2. The topological polar surface area (TPSA) is 62.7 Å². The summed E-state index contributed by atoms with van der Waals surface area (Å²) in [5, 5.41) is 3.90.